The van der Waals surface area contributed by atoms with E-state index >= 15 is 0 Å². The second-order valence-electron chi connectivity index (χ2n) is 6.82. The van der Waals surface area contributed by atoms with Gasteiger partial charge in [-0.25, -0.2) is 0 Å². The van der Waals surface area contributed by atoms with Crippen molar-refractivity contribution in [3.8, 4) is 0 Å². The first kappa shape index (κ1) is 16.8. The van der Waals surface area contributed by atoms with Crippen LogP contribution in [0.15, 0.2) is 23.8 Å². The summed E-state index contributed by atoms with van der Waals surface area (Å²) in [6, 6.07) is 0. The van der Waals surface area contributed by atoms with E-state index in [1.54, 1.807) is 5.57 Å². The van der Waals surface area contributed by atoms with Gasteiger partial charge in [-0.2, -0.15) is 0 Å². The third-order valence-electron chi connectivity index (χ3n) is 4.92. The summed E-state index contributed by atoms with van der Waals surface area (Å²) in [6.07, 6.45) is 22.1. The van der Waals surface area contributed by atoms with Crippen LogP contribution < -0.4 is 0 Å². The molecule has 0 aromatic heterocycles. The Balaban J connectivity index is 1.31. The second kappa shape index (κ2) is 10.2. The molecule has 0 radical (unpaired) electrons. The van der Waals surface area contributed by atoms with E-state index in [1.807, 2.05) is 0 Å². The van der Waals surface area contributed by atoms with Crippen molar-refractivity contribution >= 4 is 0 Å². The summed E-state index contributed by atoms with van der Waals surface area (Å²) in [7, 11) is 0. The Labute approximate surface area is 131 Å². The molecule has 0 saturated carbocycles. The van der Waals surface area contributed by atoms with Crippen LogP contribution in [0.4, 0.5) is 0 Å². The van der Waals surface area contributed by atoms with E-state index in [1.165, 1.54) is 70.6 Å². The van der Waals surface area contributed by atoms with Crippen LogP contribution in [0.2, 0.25) is 0 Å². The highest BCUT2D eigenvalue weighted by Crippen LogP contribution is 2.40. The largest absolute Gasteiger partial charge is 0.381 e. The monoisotopic (exact) mass is 290 g/mol. The molecule has 2 rings (SSSR count). The van der Waals surface area contributed by atoms with Crippen molar-refractivity contribution in [2.24, 2.45) is 11.8 Å². The zero-order valence-corrected chi connectivity index (χ0v) is 14.0. The Kier molecular flexibility index (Phi) is 8.17. The first-order chi connectivity index (χ1) is 10.4. The number of rotatable bonds is 13. The van der Waals surface area contributed by atoms with Crippen LogP contribution in [0, 0.1) is 11.8 Å². The van der Waals surface area contributed by atoms with E-state index in [-0.39, 0.29) is 0 Å². The Morgan fingerprint density at radius 1 is 0.905 bits per heavy atom. The van der Waals surface area contributed by atoms with Crippen molar-refractivity contribution in [3.05, 3.63) is 23.8 Å². The summed E-state index contributed by atoms with van der Waals surface area (Å²) in [5.74, 6) is 1.59. The van der Waals surface area contributed by atoms with Gasteiger partial charge in [0.15, 0.2) is 0 Å². The van der Waals surface area contributed by atoms with Gasteiger partial charge in [0.2, 0.25) is 0 Å². The molecule has 2 bridgehead atoms. The predicted octanol–water partition coefficient (Wildman–Crippen LogP) is 6.06. The van der Waals surface area contributed by atoms with Crippen molar-refractivity contribution < 1.29 is 4.74 Å². The van der Waals surface area contributed by atoms with Crippen LogP contribution in [0.5, 0.6) is 0 Å². The number of fused-ring (bicyclic) bond motifs is 2. The lowest BCUT2D eigenvalue weighted by molar-refractivity contribution is 0.126. The molecule has 0 aliphatic heterocycles. The maximum Gasteiger partial charge on any atom is 0.0466 e. The number of hydrogen-bond donors (Lipinski definition) is 0. The molecule has 120 valence electrons. The molecule has 0 N–H and O–H groups in total. The molecule has 2 aliphatic rings. The highest BCUT2D eigenvalue weighted by molar-refractivity contribution is 5.29. The summed E-state index contributed by atoms with van der Waals surface area (Å²) in [5, 5.41) is 0. The van der Waals surface area contributed by atoms with Gasteiger partial charge < -0.3 is 4.74 Å². The summed E-state index contributed by atoms with van der Waals surface area (Å²) in [6.45, 7) is 4.22. The van der Waals surface area contributed by atoms with E-state index in [2.05, 4.69) is 25.2 Å². The molecule has 1 nitrogen and oxygen atoms in total. The Morgan fingerprint density at radius 2 is 1.62 bits per heavy atom. The average Bonchev–Trinajstić information content (AvgIpc) is 3.11. The highest BCUT2D eigenvalue weighted by atomic mass is 16.5. The Morgan fingerprint density at radius 3 is 2.29 bits per heavy atom. The molecule has 2 unspecified atom stereocenters. The maximum absolute atomic E-state index is 5.74. The Bertz CT molecular complexity index is 329. The molecule has 0 aromatic carbocycles. The summed E-state index contributed by atoms with van der Waals surface area (Å²) in [5.41, 5.74) is 1.72. The zero-order chi connectivity index (χ0) is 14.8. The molecule has 2 aliphatic carbocycles. The lowest BCUT2D eigenvalue weighted by atomic mass is 9.97. The smallest absolute Gasteiger partial charge is 0.0466 e. The van der Waals surface area contributed by atoms with Crippen molar-refractivity contribution in [2.45, 2.75) is 77.6 Å². The minimum Gasteiger partial charge on any atom is -0.381 e. The fourth-order valence-corrected chi connectivity index (χ4v) is 3.59. The molecule has 1 heteroatoms. The van der Waals surface area contributed by atoms with E-state index in [9.17, 15) is 0 Å². The van der Waals surface area contributed by atoms with Gasteiger partial charge in [-0.3, -0.25) is 0 Å². The van der Waals surface area contributed by atoms with Gasteiger partial charge in [-0.1, -0.05) is 69.2 Å². The zero-order valence-electron chi connectivity index (χ0n) is 14.0. The van der Waals surface area contributed by atoms with Gasteiger partial charge in [0, 0.05) is 13.2 Å². The molecule has 0 spiro atoms. The van der Waals surface area contributed by atoms with Crippen LogP contribution in [-0.2, 0) is 4.74 Å². The molecular weight excluding hydrogens is 256 g/mol. The molecule has 21 heavy (non-hydrogen) atoms. The number of ether oxygens (including phenoxy) is 1. The van der Waals surface area contributed by atoms with E-state index < -0.39 is 0 Å². The average molecular weight is 290 g/mol. The van der Waals surface area contributed by atoms with Crippen molar-refractivity contribution in [1.29, 1.82) is 0 Å². The third kappa shape index (κ3) is 6.38. The van der Waals surface area contributed by atoms with Gasteiger partial charge in [0.25, 0.3) is 0 Å². The molecule has 2 atom stereocenters. The molecule has 0 amide bonds. The summed E-state index contributed by atoms with van der Waals surface area (Å²) in [4.78, 5) is 0. The first-order valence-corrected chi connectivity index (χ1v) is 9.37. The number of unbranched alkanes of at least 4 members (excludes halogenated alkanes) is 7. The minimum absolute atomic E-state index is 0.783. The van der Waals surface area contributed by atoms with Gasteiger partial charge in [0.05, 0.1) is 0 Å². The second-order valence-corrected chi connectivity index (χ2v) is 6.82. The van der Waals surface area contributed by atoms with Crippen molar-refractivity contribution in [3.63, 3.8) is 0 Å². The SMILES string of the molecule is CCCCCCCCOCCCCCC1=CC2C=CC1C2. The van der Waals surface area contributed by atoms with E-state index in [4.69, 9.17) is 4.74 Å². The van der Waals surface area contributed by atoms with Crippen LogP contribution in [-0.4, -0.2) is 13.2 Å². The maximum atomic E-state index is 5.74. The van der Waals surface area contributed by atoms with E-state index in [0.717, 1.165) is 25.0 Å². The van der Waals surface area contributed by atoms with Gasteiger partial charge >= 0.3 is 0 Å². The molecular formula is C20H34O. The number of allylic oxidation sites excluding steroid dienone is 4. The van der Waals surface area contributed by atoms with Gasteiger partial charge in [-0.15, -0.1) is 0 Å². The fourth-order valence-electron chi connectivity index (χ4n) is 3.59. The standard InChI is InChI=1S/C20H34O/c1-2-3-4-5-6-9-14-21-15-10-7-8-11-19-16-18-12-13-20(19)17-18/h12-13,16,18,20H,2-11,14-15,17H2,1H3. The summed E-state index contributed by atoms with van der Waals surface area (Å²) >= 11 is 0. The fraction of sp³-hybridized carbons (Fsp3) is 0.800. The van der Waals surface area contributed by atoms with Crippen LogP contribution in [0.1, 0.15) is 77.6 Å². The normalized spacial score (nSPS) is 23.0. The molecule has 0 fully saturated rings. The molecule has 0 aromatic rings. The van der Waals surface area contributed by atoms with Crippen molar-refractivity contribution in [1.82, 2.24) is 0 Å². The predicted molar refractivity (Wildman–Crippen MR) is 91.5 cm³/mol. The van der Waals surface area contributed by atoms with Crippen LogP contribution in [0.3, 0.4) is 0 Å². The molecule has 0 heterocycles. The lowest BCUT2D eigenvalue weighted by Crippen LogP contribution is -1.98. The Hall–Kier alpha value is -0.560. The quantitative estimate of drug-likeness (QED) is 0.296. The highest BCUT2D eigenvalue weighted by Gasteiger charge is 2.26. The number of hydrogen-bond acceptors (Lipinski definition) is 1. The van der Waals surface area contributed by atoms with Gasteiger partial charge in [-0.05, 0) is 43.9 Å². The van der Waals surface area contributed by atoms with Crippen LogP contribution in [0.25, 0.3) is 0 Å². The van der Waals surface area contributed by atoms with Gasteiger partial charge in [0.1, 0.15) is 0 Å². The lowest BCUT2D eigenvalue weighted by Gasteiger charge is -2.09. The third-order valence-corrected chi connectivity index (χ3v) is 4.92. The van der Waals surface area contributed by atoms with Crippen molar-refractivity contribution in [2.75, 3.05) is 13.2 Å². The van der Waals surface area contributed by atoms with Crippen LogP contribution >= 0.6 is 0 Å². The summed E-state index contributed by atoms with van der Waals surface area (Å²) < 4.78 is 5.74. The van der Waals surface area contributed by atoms with E-state index in [0.29, 0.717) is 0 Å². The first-order valence-electron chi connectivity index (χ1n) is 9.37. The topological polar surface area (TPSA) is 9.23 Å². The minimum atomic E-state index is 0.783. The molecule has 0 saturated heterocycles.